The minimum atomic E-state index is -0.251. The van der Waals surface area contributed by atoms with Gasteiger partial charge in [-0.1, -0.05) is 161 Å². The lowest BCUT2D eigenvalue weighted by Crippen LogP contribution is -2.62. The van der Waals surface area contributed by atoms with Gasteiger partial charge < -0.3 is 9.80 Å². The zero-order valence-electron chi connectivity index (χ0n) is 29.7. The van der Waals surface area contributed by atoms with Crippen molar-refractivity contribution in [3.8, 4) is 0 Å². The van der Waals surface area contributed by atoms with Crippen LogP contribution < -0.4 is 26.2 Å². The fourth-order valence-corrected chi connectivity index (χ4v) is 8.61. The van der Waals surface area contributed by atoms with Crippen LogP contribution >= 0.6 is 0 Å². The second-order valence-corrected chi connectivity index (χ2v) is 15.0. The minimum Gasteiger partial charge on any atom is -0.311 e. The Kier molecular flexibility index (Phi) is 7.29. The molecule has 7 aromatic carbocycles. The third-order valence-corrected chi connectivity index (χ3v) is 11.4. The van der Waals surface area contributed by atoms with E-state index in [1.807, 2.05) is 0 Å². The van der Waals surface area contributed by atoms with E-state index in [-0.39, 0.29) is 17.5 Å². The molecular weight excluding hydrogens is 615 g/mol. The zero-order valence-corrected chi connectivity index (χ0v) is 29.7. The van der Waals surface area contributed by atoms with Crippen LogP contribution in [0.3, 0.4) is 0 Å². The highest BCUT2D eigenvalue weighted by Gasteiger charge is 2.45. The summed E-state index contributed by atoms with van der Waals surface area (Å²) in [5, 5.41) is 0. The van der Waals surface area contributed by atoms with Crippen molar-refractivity contribution in [3.05, 3.63) is 198 Å². The summed E-state index contributed by atoms with van der Waals surface area (Å²) < 4.78 is 0. The third kappa shape index (κ3) is 4.87. The van der Waals surface area contributed by atoms with Crippen molar-refractivity contribution in [2.45, 2.75) is 38.5 Å². The predicted molar refractivity (Wildman–Crippen MR) is 218 cm³/mol. The first kappa shape index (κ1) is 31.2. The molecule has 0 saturated carbocycles. The van der Waals surface area contributed by atoms with E-state index in [9.17, 15) is 0 Å². The molecule has 0 bridgehead atoms. The number of anilines is 6. The zero-order chi connectivity index (χ0) is 34.7. The van der Waals surface area contributed by atoms with Gasteiger partial charge in [-0.15, -0.1) is 0 Å². The first-order valence-electron chi connectivity index (χ1n) is 18.1. The molecule has 0 saturated heterocycles. The summed E-state index contributed by atoms with van der Waals surface area (Å²) in [6, 6.07) is 64.9. The Hall–Kier alpha value is -5.80. The lowest BCUT2D eigenvalue weighted by atomic mass is 9.33. The lowest BCUT2D eigenvalue weighted by Gasteiger charge is -2.46. The summed E-state index contributed by atoms with van der Waals surface area (Å²) in [6.45, 7) is 9.50. The van der Waals surface area contributed by atoms with Crippen LogP contribution in [0, 0.1) is 0 Å². The number of benzene rings is 7. The average Bonchev–Trinajstić information content (AvgIpc) is 3.18. The normalized spacial score (nSPS) is 13.4. The van der Waals surface area contributed by atoms with E-state index in [4.69, 9.17) is 0 Å². The molecule has 0 amide bonds. The van der Waals surface area contributed by atoms with Gasteiger partial charge in [0.2, 0.25) is 0 Å². The molecule has 2 heterocycles. The van der Waals surface area contributed by atoms with Crippen LogP contribution in [0.2, 0.25) is 0 Å². The molecule has 0 N–H and O–H groups in total. The summed E-state index contributed by atoms with van der Waals surface area (Å²) in [6.07, 6.45) is 0. The van der Waals surface area contributed by atoms with Crippen LogP contribution in [0.1, 0.15) is 49.9 Å². The molecule has 3 heteroatoms. The number of fused-ring (bicyclic) bond motifs is 4. The van der Waals surface area contributed by atoms with Crippen molar-refractivity contribution in [3.63, 3.8) is 0 Å². The SMILES string of the molecule is CC(C)(c1ccccc1)c1ccc2c(c1)B1c3cccc(C(C)(C)c4ccccc4)c3N(c3ccccc3)c3cccc(c31)N2c1ccccc1. The van der Waals surface area contributed by atoms with Gasteiger partial charge in [-0.2, -0.15) is 0 Å². The van der Waals surface area contributed by atoms with Crippen molar-refractivity contribution in [2.24, 2.45) is 0 Å². The number of hydrogen-bond acceptors (Lipinski definition) is 2. The molecule has 0 aliphatic carbocycles. The topological polar surface area (TPSA) is 6.48 Å². The van der Waals surface area contributed by atoms with Crippen molar-refractivity contribution in [1.82, 2.24) is 0 Å². The fraction of sp³-hybridized carbons (Fsp3) is 0.125. The second-order valence-electron chi connectivity index (χ2n) is 15.0. The van der Waals surface area contributed by atoms with Crippen LogP contribution in [0.4, 0.5) is 34.1 Å². The van der Waals surface area contributed by atoms with Gasteiger partial charge in [0.05, 0.1) is 0 Å². The van der Waals surface area contributed by atoms with Gasteiger partial charge in [0, 0.05) is 45.0 Å². The Morgan fingerprint density at radius 2 is 0.902 bits per heavy atom. The second kappa shape index (κ2) is 11.9. The molecule has 2 aliphatic heterocycles. The molecule has 7 aromatic rings. The summed E-state index contributed by atoms with van der Waals surface area (Å²) in [7, 11) is 0. The van der Waals surface area contributed by atoms with Crippen molar-refractivity contribution < 1.29 is 0 Å². The Morgan fingerprint density at radius 3 is 1.51 bits per heavy atom. The maximum Gasteiger partial charge on any atom is 0.252 e. The Morgan fingerprint density at radius 1 is 0.392 bits per heavy atom. The Labute approximate surface area is 302 Å². The van der Waals surface area contributed by atoms with Crippen molar-refractivity contribution in [1.29, 1.82) is 0 Å². The van der Waals surface area contributed by atoms with E-state index in [0.29, 0.717) is 0 Å². The molecule has 9 rings (SSSR count). The maximum atomic E-state index is 2.54. The molecule has 0 radical (unpaired) electrons. The number of hydrogen-bond donors (Lipinski definition) is 0. The van der Waals surface area contributed by atoms with Crippen LogP contribution in [0.15, 0.2) is 176 Å². The molecule has 2 nitrogen and oxygen atoms in total. The summed E-state index contributed by atoms with van der Waals surface area (Å²) >= 11 is 0. The molecular formula is C48H41BN2. The van der Waals surface area contributed by atoms with Gasteiger partial charge >= 0.3 is 0 Å². The lowest BCUT2D eigenvalue weighted by molar-refractivity contribution is 0.641. The van der Waals surface area contributed by atoms with Gasteiger partial charge in [-0.05, 0) is 81.1 Å². The standard InChI is InChI=1S/C48H41BN2/c1-47(2,34-19-9-5-10-20-34)36-31-32-42-41(33-36)49-40-28-17-27-39(48(3,4)35-21-11-6-12-22-35)46(40)51(38-25-15-8-16-26-38)44-30-18-29-43(45(44)49)50(42)37-23-13-7-14-24-37/h5-33H,1-4H3. The van der Waals surface area contributed by atoms with E-state index in [0.717, 1.165) is 11.4 Å². The maximum absolute atomic E-state index is 2.54. The van der Waals surface area contributed by atoms with Gasteiger partial charge in [-0.25, -0.2) is 0 Å². The van der Waals surface area contributed by atoms with Gasteiger partial charge in [-0.3, -0.25) is 0 Å². The van der Waals surface area contributed by atoms with E-state index >= 15 is 0 Å². The van der Waals surface area contributed by atoms with Gasteiger partial charge in [0.25, 0.3) is 6.71 Å². The quantitative estimate of drug-likeness (QED) is 0.164. The first-order chi connectivity index (χ1) is 24.9. The number of para-hydroxylation sites is 3. The van der Waals surface area contributed by atoms with Gasteiger partial charge in [0.15, 0.2) is 0 Å². The Balaban J connectivity index is 1.37. The van der Waals surface area contributed by atoms with E-state index in [1.165, 1.54) is 61.4 Å². The molecule has 0 spiro atoms. The largest absolute Gasteiger partial charge is 0.311 e. The van der Waals surface area contributed by atoms with Crippen molar-refractivity contribution >= 4 is 57.2 Å². The van der Waals surface area contributed by atoms with E-state index in [2.05, 4.69) is 213 Å². The predicted octanol–water partition coefficient (Wildman–Crippen LogP) is 10.4. The highest BCUT2D eigenvalue weighted by atomic mass is 15.2. The smallest absolute Gasteiger partial charge is 0.252 e. The van der Waals surface area contributed by atoms with Crippen LogP contribution in [-0.2, 0) is 10.8 Å². The fourth-order valence-electron chi connectivity index (χ4n) is 8.61. The number of nitrogens with zero attached hydrogens (tertiary/aromatic N) is 2. The number of rotatable bonds is 6. The van der Waals surface area contributed by atoms with Gasteiger partial charge in [0.1, 0.15) is 0 Å². The summed E-state index contributed by atoms with van der Waals surface area (Å²) in [4.78, 5) is 5.02. The third-order valence-electron chi connectivity index (χ3n) is 11.4. The molecule has 0 fully saturated rings. The highest BCUT2D eigenvalue weighted by molar-refractivity contribution is 7.00. The monoisotopic (exact) mass is 656 g/mol. The van der Waals surface area contributed by atoms with E-state index in [1.54, 1.807) is 0 Å². The van der Waals surface area contributed by atoms with Crippen molar-refractivity contribution in [2.75, 3.05) is 9.80 Å². The average molecular weight is 657 g/mol. The van der Waals surface area contributed by atoms with Crippen LogP contribution in [-0.4, -0.2) is 6.71 Å². The highest BCUT2D eigenvalue weighted by Crippen LogP contribution is 2.48. The molecule has 0 atom stereocenters. The first-order valence-corrected chi connectivity index (χ1v) is 18.1. The molecule has 0 aromatic heterocycles. The molecule has 246 valence electrons. The van der Waals surface area contributed by atoms with Crippen LogP contribution in [0.25, 0.3) is 0 Å². The summed E-state index contributed by atoms with van der Waals surface area (Å²) in [5.41, 5.74) is 16.1. The Bertz CT molecular complexity index is 2360. The van der Waals surface area contributed by atoms with Crippen LogP contribution in [0.5, 0.6) is 0 Å². The molecule has 2 aliphatic rings. The van der Waals surface area contributed by atoms with E-state index < -0.39 is 0 Å². The molecule has 0 unspecified atom stereocenters. The molecule has 51 heavy (non-hydrogen) atoms. The summed E-state index contributed by atoms with van der Waals surface area (Å²) in [5.74, 6) is 0. The minimum absolute atomic E-state index is 0.0409.